The van der Waals surface area contributed by atoms with Crippen LogP contribution in [0, 0.1) is 19.8 Å². The molecule has 0 unspecified atom stereocenters. The van der Waals surface area contributed by atoms with E-state index >= 15 is 0 Å². The Morgan fingerprint density at radius 2 is 1.89 bits per heavy atom. The Morgan fingerprint density at radius 1 is 1.28 bits per heavy atom. The van der Waals surface area contributed by atoms with E-state index in [2.05, 4.69) is 43.4 Å². The van der Waals surface area contributed by atoms with Gasteiger partial charge in [0.1, 0.15) is 0 Å². The largest absolute Gasteiger partial charge is 0.338 e. The first-order valence-electron chi connectivity index (χ1n) is 6.43. The van der Waals surface area contributed by atoms with Crippen molar-refractivity contribution in [2.45, 2.75) is 47.6 Å². The molecule has 0 aliphatic rings. The van der Waals surface area contributed by atoms with E-state index in [0.29, 0.717) is 12.5 Å². The molecule has 2 amide bonds. The van der Waals surface area contributed by atoms with Gasteiger partial charge in [0.25, 0.3) is 0 Å². The van der Waals surface area contributed by atoms with Crippen molar-refractivity contribution in [2.75, 3.05) is 11.9 Å². The fourth-order valence-electron chi connectivity index (χ4n) is 1.80. The number of aromatic nitrogens is 2. The zero-order chi connectivity index (χ0) is 13.9. The molecule has 0 aromatic carbocycles. The molecule has 0 saturated carbocycles. The summed E-state index contributed by atoms with van der Waals surface area (Å²) in [5, 5.41) is 10.1. The van der Waals surface area contributed by atoms with Crippen LogP contribution in [-0.4, -0.2) is 22.4 Å². The Bertz CT molecular complexity index is 421. The Kier molecular flexibility index (Phi) is 4.76. The van der Waals surface area contributed by atoms with Gasteiger partial charge in [0.15, 0.2) is 0 Å². The van der Waals surface area contributed by atoms with Crippen molar-refractivity contribution in [3.8, 4) is 0 Å². The third-order valence-corrected chi connectivity index (χ3v) is 2.72. The van der Waals surface area contributed by atoms with Gasteiger partial charge in [-0.1, -0.05) is 13.8 Å². The number of urea groups is 1. The van der Waals surface area contributed by atoms with Crippen molar-refractivity contribution in [2.24, 2.45) is 5.92 Å². The van der Waals surface area contributed by atoms with Gasteiger partial charge < -0.3 is 10.6 Å². The van der Waals surface area contributed by atoms with Gasteiger partial charge in [0.05, 0.1) is 17.1 Å². The number of carbonyl (C=O) groups excluding carboxylic acids is 1. The SMILES string of the molecule is Cc1nn(C(C)C)c(C)c1NC(=O)NCC(C)C. The Labute approximate surface area is 109 Å². The average Bonchev–Trinajstić information content (AvgIpc) is 2.54. The van der Waals surface area contributed by atoms with Crippen molar-refractivity contribution in [1.82, 2.24) is 15.1 Å². The van der Waals surface area contributed by atoms with Crippen LogP contribution in [0.2, 0.25) is 0 Å². The van der Waals surface area contributed by atoms with E-state index < -0.39 is 0 Å². The molecule has 1 aromatic heterocycles. The number of hydrogen-bond acceptors (Lipinski definition) is 2. The predicted octanol–water partition coefficient (Wildman–Crippen LogP) is 2.86. The van der Waals surface area contributed by atoms with Crippen LogP contribution in [0.15, 0.2) is 0 Å². The fraction of sp³-hybridized carbons (Fsp3) is 0.692. The Morgan fingerprint density at radius 3 is 2.33 bits per heavy atom. The van der Waals surface area contributed by atoms with Gasteiger partial charge in [-0.2, -0.15) is 5.10 Å². The number of hydrogen-bond donors (Lipinski definition) is 2. The summed E-state index contributed by atoms with van der Waals surface area (Å²) in [6, 6.07) is 0.121. The van der Waals surface area contributed by atoms with Crippen molar-refractivity contribution in [3.05, 3.63) is 11.4 Å². The lowest BCUT2D eigenvalue weighted by Crippen LogP contribution is -2.32. The highest BCUT2D eigenvalue weighted by atomic mass is 16.2. The first-order chi connectivity index (χ1) is 8.32. The molecule has 0 fully saturated rings. The summed E-state index contributed by atoms with van der Waals surface area (Å²) < 4.78 is 1.92. The van der Waals surface area contributed by atoms with E-state index in [1.165, 1.54) is 0 Å². The number of aryl methyl sites for hydroxylation is 1. The molecule has 0 aliphatic carbocycles. The average molecular weight is 252 g/mol. The summed E-state index contributed by atoms with van der Waals surface area (Å²) in [7, 11) is 0. The van der Waals surface area contributed by atoms with E-state index in [1.807, 2.05) is 18.5 Å². The van der Waals surface area contributed by atoms with Gasteiger partial charge in [0.2, 0.25) is 0 Å². The molecule has 102 valence electrons. The maximum atomic E-state index is 11.7. The molecule has 2 N–H and O–H groups in total. The van der Waals surface area contributed by atoms with Crippen LogP contribution >= 0.6 is 0 Å². The second kappa shape index (κ2) is 5.89. The van der Waals surface area contributed by atoms with Gasteiger partial charge in [-0.25, -0.2) is 4.79 Å². The molecule has 0 saturated heterocycles. The van der Waals surface area contributed by atoms with Gasteiger partial charge >= 0.3 is 6.03 Å². The third kappa shape index (κ3) is 3.48. The third-order valence-electron chi connectivity index (χ3n) is 2.72. The molecule has 1 aromatic rings. The van der Waals surface area contributed by atoms with E-state index in [4.69, 9.17) is 0 Å². The Balaban J connectivity index is 2.76. The van der Waals surface area contributed by atoms with Crippen molar-refractivity contribution in [3.63, 3.8) is 0 Å². The number of amides is 2. The second-order valence-electron chi connectivity index (χ2n) is 5.31. The number of nitrogens with zero attached hydrogens (tertiary/aromatic N) is 2. The standard InChI is InChI=1S/C13H24N4O/c1-8(2)7-14-13(18)15-12-10(5)16-17(9(3)4)11(12)6/h8-9H,7H2,1-6H3,(H2,14,15,18). The van der Waals surface area contributed by atoms with Crippen LogP contribution in [0.3, 0.4) is 0 Å². The molecule has 18 heavy (non-hydrogen) atoms. The van der Waals surface area contributed by atoms with E-state index in [1.54, 1.807) is 0 Å². The molecule has 0 radical (unpaired) electrons. The summed E-state index contributed by atoms with van der Waals surface area (Å²) in [5.41, 5.74) is 2.65. The molecule has 0 bridgehead atoms. The molecule has 0 atom stereocenters. The van der Waals surface area contributed by atoms with Crippen LogP contribution in [0.4, 0.5) is 10.5 Å². The minimum Gasteiger partial charge on any atom is -0.338 e. The summed E-state index contributed by atoms with van der Waals surface area (Å²) in [6.07, 6.45) is 0. The van der Waals surface area contributed by atoms with Crippen LogP contribution in [-0.2, 0) is 0 Å². The highest BCUT2D eigenvalue weighted by Crippen LogP contribution is 2.22. The minimum atomic E-state index is -0.168. The van der Waals surface area contributed by atoms with Crippen LogP contribution in [0.5, 0.6) is 0 Å². The number of anilines is 1. The second-order valence-corrected chi connectivity index (χ2v) is 5.31. The zero-order valence-electron chi connectivity index (χ0n) is 12.2. The van der Waals surface area contributed by atoms with E-state index in [-0.39, 0.29) is 12.1 Å². The topological polar surface area (TPSA) is 59.0 Å². The Hall–Kier alpha value is -1.52. The molecule has 1 rings (SSSR count). The first kappa shape index (κ1) is 14.5. The number of rotatable bonds is 4. The molecule has 5 heteroatoms. The van der Waals surface area contributed by atoms with E-state index in [9.17, 15) is 4.79 Å². The molecule has 5 nitrogen and oxygen atoms in total. The molecule has 1 heterocycles. The number of carbonyl (C=O) groups is 1. The summed E-state index contributed by atoms with van der Waals surface area (Å²) in [6.45, 7) is 12.8. The normalized spacial score (nSPS) is 11.1. The summed E-state index contributed by atoms with van der Waals surface area (Å²) in [4.78, 5) is 11.7. The molecular weight excluding hydrogens is 228 g/mol. The molecule has 0 aliphatic heterocycles. The smallest absolute Gasteiger partial charge is 0.319 e. The van der Waals surface area contributed by atoms with Gasteiger partial charge in [0, 0.05) is 12.6 Å². The maximum absolute atomic E-state index is 11.7. The fourth-order valence-corrected chi connectivity index (χ4v) is 1.80. The number of nitrogens with one attached hydrogen (secondary N) is 2. The highest BCUT2D eigenvalue weighted by molar-refractivity contribution is 5.90. The first-order valence-corrected chi connectivity index (χ1v) is 6.43. The van der Waals surface area contributed by atoms with Crippen molar-refractivity contribution >= 4 is 11.7 Å². The van der Waals surface area contributed by atoms with Crippen molar-refractivity contribution < 1.29 is 4.79 Å². The quantitative estimate of drug-likeness (QED) is 0.865. The van der Waals surface area contributed by atoms with Crippen LogP contribution in [0.1, 0.15) is 45.1 Å². The lowest BCUT2D eigenvalue weighted by molar-refractivity contribution is 0.251. The maximum Gasteiger partial charge on any atom is 0.319 e. The zero-order valence-corrected chi connectivity index (χ0v) is 12.2. The van der Waals surface area contributed by atoms with Crippen LogP contribution in [0.25, 0.3) is 0 Å². The van der Waals surface area contributed by atoms with Crippen molar-refractivity contribution in [1.29, 1.82) is 0 Å². The monoisotopic (exact) mass is 252 g/mol. The van der Waals surface area contributed by atoms with Gasteiger partial charge in [-0.3, -0.25) is 4.68 Å². The predicted molar refractivity (Wildman–Crippen MR) is 73.9 cm³/mol. The molecular formula is C13H24N4O. The molecule has 0 spiro atoms. The highest BCUT2D eigenvalue weighted by Gasteiger charge is 2.15. The van der Waals surface area contributed by atoms with Gasteiger partial charge in [-0.15, -0.1) is 0 Å². The summed E-state index contributed by atoms with van der Waals surface area (Å²) >= 11 is 0. The minimum absolute atomic E-state index is 0.168. The van der Waals surface area contributed by atoms with E-state index in [0.717, 1.165) is 17.1 Å². The lowest BCUT2D eigenvalue weighted by Gasteiger charge is -2.11. The lowest BCUT2D eigenvalue weighted by atomic mass is 10.2. The summed E-state index contributed by atoms with van der Waals surface area (Å²) in [5.74, 6) is 0.441. The van der Waals surface area contributed by atoms with Crippen LogP contribution < -0.4 is 10.6 Å². The van der Waals surface area contributed by atoms with Gasteiger partial charge in [-0.05, 0) is 33.6 Å².